The fraction of sp³-hybridized carbons (Fsp3) is 0.353. The van der Waals surface area contributed by atoms with Crippen LogP contribution in [0.3, 0.4) is 0 Å². The molecule has 0 radical (unpaired) electrons. The van der Waals surface area contributed by atoms with E-state index in [9.17, 15) is 4.39 Å². The molecule has 110 valence electrons. The SMILES string of the molecule is Fc1ccc(C(NCc2ccccn2)C2CCCO2)cc1. The Labute approximate surface area is 124 Å². The van der Waals surface area contributed by atoms with Gasteiger partial charge in [0.15, 0.2) is 0 Å². The van der Waals surface area contributed by atoms with Crippen LogP contribution in [0.5, 0.6) is 0 Å². The van der Waals surface area contributed by atoms with Gasteiger partial charge in [0.1, 0.15) is 5.82 Å². The highest BCUT2D eigenvalue weighted by atomic mass is 19.1. The van der Waals surface area contributed by atoms with Crippen LogP contribution in [0.4, 0.5) is 4.39 Å². The average Bonchev–Trinajstić information content (AvgIpc) is 3.04. The molecular weight excluding hydrogens is 267 g/mol. The smallest absolute Gasteiger partial charge is 0.123 e. The number of aromatic nitrogens is 1. The van der Waals surface area contributed by atoms with Crippen molar-refractivity contribution in [1.29, 1.82) is 0 Å². The molecule has 1 fully saturated rings. The summed E-state index contributed by atoms with van der Waals surface area (Å²) in [5.41, 5.74) is 2.04. The Morgan fingerprint density at radius 1 is 1.24 bits per heavy atom. The van der Waals surface area contributed by atoms with Crippen molar-refractivity contribution in [2.45, 2.75) is 31.5 Å². The third kappa shape index (κ3) is 3.65. The molecule has 0 aliphatic carbocycles. The number of pyridine rings is 1. The van der Waals surface area contributed by atoms with E-state index in [1.165, 1.54) is 12.1 Å². The Balaban J connectivity index is 1.74. The van der Waals surface area contributed by atoms with Crippen LogP contribution in [-0.2, 0) is 11.3 Å². The quantitative estimate of drug-likeness (QED) is 0.916. The summed E-state index contributed by atoms with van der Waals surface area (Å²) in [6.45, 7) is 1.47. The maximum atomic E-state index is 13.1. The van der Waals surface area contributed by atoms with Crippen molar-refractivity contribution >= 4 is 0 Å². The molecule has 3 nitrogen and oxygen atoms in total. The lowest BCUT2D eigenvalue weighted by Gasteiger charge is -2.24. The number of nitrogens with zero attached hydrogens (tertiary/aromatic N) is 1. The highest BCUT2D eigenvalue weighted by Crippen LogP contribution is 2.27. The second kappa shape index (κ2) is 6.78. The van der Waals surface area contributed by atoms with Crippen molar-refractivity contribution < 1.29 is 9.13 Å². The second-order valence-electron chi connectivity index (χ2n) is 5.28. The Morgan fingerprint density at radius 3 is 2.76 bits per heavy atom. The summed E-state index contributed by atoms with van der Waals surface area (Å²) in [7, 11) is 0. The van der Waals surface area contributed by atoms with Crippen molar-refractivity contribution in [1.82, 2.24) is 10.3 Å². The molecular formula is C17H19FN2O. The number of hydrogen-bond donors (Lipinski definition) is 1. The van der Waals surface area contributed by atoms with Crippen molar-refractivity contribution in [2.24, 2.45) is 0 Å². The standard InChI is InChI=1S/C17H19FN2O/c18-14-8-6-13(7-9-14)17(16-5-3-11-21-16)20-12-15-4-1-2-10-19-15/h1-2,4,6-10,16-17,20H,3,5,11-12H2. The minimum absolute atomic E-state index is 0.0649. The number of benzene rings is 1. The molecule has 1 aliphatic heterocycles. The molecule has 1 aliphatic rings. The number of ether oxygens (including phenoxy) is 1. The third-order valence-electron chi connectivity index (χ3n) is 3.80. The van der Waals surface area contributed by atoms with Crippen LogP contribution < -0.4 is 5.32 Å². The van der Waals surface area contributed by atoms with Crippen molar-refractivity contribution in [3.8, 4) is 0 Å². The lowest BCUT2D eigenvalue weighted by atomic mass is 9.99. The van der Waals surface area contributed by atoms with Crippen molar-refractivity contribution in [2.75, 3.05) is 6.61 Å². The monoisotopic (exact) mass is 286 g/mol. The van der Waals surface area contributed by atoms with Gasteiger partial charge in [-0.3, -0.25) is 4.98 Å². The van der Waals surface area contributed by atoms with Gasteiger partial charge in [0, 0.05) is 19.3 Å². The van der Waals surface area contributed by atoms with E-state index in [1.54, 1.807) is 6.20 Å². The van der Waals surface area contributed by atoms with E-state index in [4.69, 9.17) is 4.74 Å². The fourth-order valence-electron chi connectivity index (χ4n) is 2.72. The Hall–Kier alpha value is -1.78. The third-order valence-corrected chi connectivity index (χ3v) is 3.80. The van der Waals surface area contributed by atoms with E-state index in [0.717, 1.165) is 30.7 Å². The highest BCUT2D eigenvalue weighted by molar-refractivity contribution is 5.21. The summed E-state index contributed by atoms with van der Waals surface area (Å²) in [4.78, 5) is 4.32. The molecule has 4 heteroatoms. The van der Waals surface area contributed by atoms with Crippen LogP contribution in [0, 0.1) is 5.82 Å². The molecule has 1 aromatic carbocycles. The first-order valence-corrected chi connectivity index (χ1v) is 7.33. The molecule has 21 heavy (non-hydrogen) atoms. The van der Waals surface area contributed by atoms with Gasteiger partial charge in [0.2, 0.25) is 0 Å². The highest BCUT2D eigenvalue weighted by Gasteiger charge is 2.27. The lowest BCUT2D eigenvalue weighted by molar-refractivity contribution is 0.0774. The molecule has 1 N–H and O–H groups in total. The Morgan fingerprint density at radius 2 is 2.10 bits per heavy atom. The van der Waals surface area contributed by atoms with E-state index in [1.807, 2.05) is 30.3 Å². The summed E-state index contributed by atoms with van der Waals surface area (Å²) >= 11 is 0. The van der Waals surface area contributed by atoms with E-state index < -0.39 is 0 Å². The van der Waals surface area contributed by atoms with Crippen LogP contribution >= 0.6 is 0 Å². The zero-order valence-corrected chi connectivity index (χ0v) is 11.8. The first-order chi connectivity index (χ1) is 10.3. The van der Waals surface area contributed by atoms with Gasteiger partial charge in [0.25, 0.3) is 0 Å². The first kappa shape index (κ1) is 14.2. The summed E-state index contributed by atoms with van der Waals surface area (Å²) < 4.78 is 18.9. The number of rotatable bonds is 5. The van der Waals surface area contributed by atoms with Crippen molar-refractivity contribution in [3.05, 3.63) is 65.7 Å². The fourth-order valence-corrected chi connectivity index (χ4v) is 2.72. The molecule has 2 atom stereocenters. The summed E-state index contributed by atoms with van der Waals surface area (Å²) in [6.07, 6.45) is 4.03. The summed E-state index contributed by atoms with van der Waals surface area (Å²) in [6, 6.07) is 12.6. The van der Waals surface area contributed by atoms with E-state index in [2.05, 4.69) is 10.3 Å². The molecule has 2 heterocycles. The molecule has 0 bridgehead atoms. The molecule has 2 aromatic rings. The normalized spacial score (nSPS) is 19.6. The van der Waals surface area contributed by atoms with Gasteiger partial charge in [-0.05, 0) is 42.7 Å². The van der Waals surface area contributed by atoms with Gasteiger partial charge >= 0.3 is 0 Å². The molecule has 2 unspecified atom stereocenters. The second-order valence-corrected chi connectivity index (χ2v) is 5.28. The van der Waals surface area contributed by atoms with Gasteiger partial charge in [-0.25, -0.2) is 4.39 Å². The molecule has 1 saturated heterocycles. The predicted octanol–water partition coefficient (Wildman–Crippen LogP) is 3.23. The van der Waals surface area contributed by atoms with Gasteiger partial charge < -0.3 is 10.1 Å². The van der Waals surface area contributed by atoms with E-state index >= 15 is 0 Å². The minimum atomic E-state index is -0.213. The molecule has 0 spiro atoms. The predicted molar refractivity (Wildman–Crippen MR) is 79.2 cm³/mol. The first-order valence-electron chi connectivity index (χ1n) is 7.33. The van der Waals surface area contributed by atoms with Crippen LogP contribution in [-0.4, -0.2) is 17.7 Å². The number of nitrogens with one attached hydrogen (secondary N) is 1. The average molecular weight is 286 g/mol. The summed E-state index contributed by atoms with van der Waals surface area (Å²) in [5, 5.41) is 3.50. The van der Waals surface area contributed by atoms with Gasteiger partial charge in [0.05, 0.1) is 17.8 Å². The minimum Gasteiger partial charge on any atom is -0.376 e. The van der Waals surface area contributed by atoms with Crippen molar-refractivity contribution in [3.63, 3.8) is 0 Å². The Kier molecular flexibility index (Phi) is 4.58. The van der Waals surface area contributed by atoms with Gasteiger partial charge in [-0.2, -0.15) is 0 Å². The van der Waals surface area contributed by atoms with Crippen LogP contribution in [0.15, 0.2) is 48.7 Å². The maximum Gasteiger partial charge on any atom is 0.123 e. The van der Waals surface area contributed by atoms with E-state index in [0.29, 0.717) is 6.54 Å². The van der Waals surface area contributed by atoms with Crippen LogP contribution in [0.2, 0.25) is 0 Å². The summed E-state index contributed by atoms with van der Waals surface area (Å²) in [5.74, 6) is -0.213. The molecule has 1 aromatic heterocycles. The molecule has 0 amide bonds. The zero-order valence-electron chi connectivity index (χ0n) is 11.8. The topological polar surface area (TPSA) is 34.2 Å². The maximum absolute atomic E-state index is 13.1. The van der Waals surface area contributed by atoms with E-state index in [-0.39, 0.29) is 18.0 Å². The Bertz CT molecular complexity index is 553. The number of hydrogen-bond acceptors (Lipinski definition) is 3. The largest absolute Gasteiger partial charge is 0.376 e. The van der Waals surface area contributed by atoms with Crippen LogP contribution in [0.1, 0.15) is 30.1 Å². The van der Waals surface area contributed by atoms with Gasteiger partial charge in [-0.1, -0.05) is 18.2 Å². The van der Waals surface area contributed by atoms with Crippen LogP contribution in [0.25, 0.3) is 0 Å². The van der Waals surface area contributed by atoms with Gasteiger partial charge in [-0.15, -0.1) is 0 Å². The molecule has 3 rings (SSSR count). The zero-order chi connectivity index (χ0) is 14.5. The number of halogens is 1. The molecule has 0 saturated carbocycles. The lowest BCUT2D eigenvalue weighted by Crippen LogP contribution is -2.31.